The van der Waals surface area contributed by atoms with E-state index in [-0.39, 0.29) is 12.3 Å². The van der Waals surface area contributed by atoms with Crippen molar-refractivity contribution in [1.82, 2.24) is 14.8 Å². The first-order valence-corrected chi connectivity index (χ1v) is 9.82. The van der Waals surface area contributed by atoms with Crippen molar-refractivity contribution >= 4 is 22.9 Å². The van der Waals surface area contributed by atoms with Crippen molar-refractivity contribution in [1.29, 1.82) is 0 Å². The fourth-order valence-corrected chi connectivity index (χ4v) is 3.73. The van der Waals surface area contributed by atoms with E-state index >= 15 is 0 Å². The van der Waals surface area contributed by atoms with Crippen molar-refractivity contribution < 1.29 is 9.21 Å². The summed E-state index contributed by atoms with van der Waals surface area (Å²) in [4.78, 5) is 18.1. The maximum Gasteiger partial charge on any atom is 0.236 e. The molecule has 1 aromatic carbocycles. The van der Waals surface area contributed by atoms with Crippen LogP contribution in [0.25, 0.3) is 16.5 Å². The molecule has 3 aromatic heterocycles. The van der Waals surface area contributed by atoms with Gasteiger partial charge in [-0.15, -0.1) is 11.3 Å². The fourth-order valence-electron chi connectivity index (χ4n) is 3.08. The average Bonchev–Trinajstić information content (AvgIpc) is 3.37. The summed E-state index contributed by atoms with van der Waals surface area (Å²) in [5, 5.41) is 9.47. The molecule has 0 atom stereocenters. The van der Waals surface area contributed by atoms with Crippen molar-refractivity contribution in [3.63, 3.8) is 0 Å². The van der Waals surface area contributed by atoms with Crippen LogP contribution < -0.4 is 5.32 Å². The molecule has 0 bridgehead atoms. The molecule has 0 spiro atoms. The van der Waals surface area contributed by atoms with Crippen LogP contribution in [0.1, 0.15) is 22.8 Å². The van der Waals surface area contributed by atoms with E-state index in [0.717, 1.165) is 22.0 Å². The molecule has 0 aliphatic rings. The third kappa shape index (κ3) is 3.61. The third-order valence-corrected chi connectivity index (χ3v) is 5.23. The first-order chi connectivity index (χ1) is 13.5. The number of nitrogens with one attached hydrogen (secondary N) is 1. The van der Waals surface area contributed by atoms with Crippen LogP contribution in [0.3, 0.4) is 0 Å². The zero-order chi connectivity index (χ0) is 19.7. The quantitative estimate of drug-likeness (QED) is 0.534. The Hall–Kier alpha value is -3.19. The zero-order valence-electron chi connectivity index (χ0n) is 15.9. The molecule has 0 unspecified atom stereocenters. The molecule has 6 nitrogen and oxygen atoms in total. The van der Waals surface area contributed by atoms with Crippen LogP contribution >= 0.6 is 11.3 Å². The molecular formula is C21H20N4O2S. The number of carbonyl (C=O) groups excluding carboxylic acids is 1. The van der Waals surface area contributed by atoms with Gasteiger partial charge in [-0.1, -0.05) is 18.2 Å². The summed E-state index contributed by atoms with van der Waals surface area (Å²) in [6.07, 6.45) is 0.145. The first-order valence-electron chi connectivity index (χ1n) is 8.94. The van der Waals surface area contributed by atoms with Gasteiger partial charge in [-0.3, -0.25) is 4.79 Å². The lowest BCUT2D eigenvalue weighted by atomic mass is 10.2. The topological polar surface area (TPSA) is 73.0 Å². The second-order valence-corrected chi connectivity index (χ2v) is 7.53. The molecule has 3 heterocycles. The van der Waals surface area contributed by atoms with Crippen molar-refractivity contribution in [3.05, 3.63) is 70.7 Å². The Balaban J connectivity index is 1.55. The van der Waals surface area contributed by atoms with E-state index in [0.29, 0.717) is 23.0 Å². The number of benzene rings is 1. The van der Waals surface area contributed by atoms with Crippen LogP contribution in [0, 0.1) is 20.8 Å². The van der Waals surface area contributed by atoms with Gasteiger partial charge >= 0.3 is 0 Å². The largest absolute Gasteiger partial charge is 0.440 e. The molecule has 0 aliphatic carbocycles. The van der Waals surface area contributed by atoms with Gasteiger partial charge in [-0.2, -0.15) is 5.10 Å². The minimum Gasteiger partial charge on any atom is -0.440 e. The number of para-hydroxylation sites is 2. The molecule has 0 saturated heterocycles. The molecule has 7 heteroatoms. The van der Waals surface area contributed by atoms with Gasteiger partial charge in [0, 0.05) is 5.69 Å². The Labute approximate surface area is 166 Å². The summed E-state index contributed by atoms with van der Waals surface area (Å²) in [5.74, 6) is 1.06. The highest BCUT2D eigenvalue weighted by Gasteiger charge is 2.17. The smallest absolute Gasteiger partial charge is 0.236 e. The second-order valence-electron chi connectivity index (χ2n) is 6.58. The number of nitrogens with zero attached hydrogens (tertiary/aromatic N) is 3. The van der Waals surface area contributed by atoms with E-state index in [1.165, 1.54) is 0 Å². The van der Waals surface area contributed by atoms with Crippen molar-refractivity contribution in [2.24, 2.45) is 0 Å². The van der Waals surface area contributed by atoms with Gasteiger partial charge in [0.15, 0.2) is 0 Å². The predicted molar refractivity (Wildman–Crippen MR) is 110 cm³/mol. The number of aromatic nitrogens is 3. The summed E-state index contributed by atoms with van der Waals surface area (Å²) in [6, 6.07) is 13.5. The standard InChI is InChI=1S/C21H20N4O2S/c1-13-11-14(2)25(24-13)18-8-5-4-7-16(18)22-20(26)12-17-15(3)27-21(23-17)19-9-6-10-28-19/h4-11H,12H2,1-3H3,(H,22,26). The summed E-state index contributed by atoms with van der Waals surface area (Å²) >= 11 is 1.56. The monoisotopic (exact) mass is 392 g/mol. The molecule has 0 radical (unpaired) electrons. The highest BCUT2D eigenvalue weighted by molar-refractivity contribution is 7.13. The van der Waals surface area contributed by atoms with Crippen LogP contribution in [-0.2, 0) is 11.2 Å². The SMILES string of the molecule is Cc1cc(C)n(-c2ccccc2NC(=O)Cc2nc(-c3cccs3)oc2C)n1. The number of oxazole rings is 1. The van der Waals surface area contributed by atoms with Crippen LogP contribution in [0.2, 0.25) is 0 Å². The summed E-state index contributed by atoms with van der Waals surface area (Å²) in [5.41, 5.74) is 4.12. The Bertz CT molecular complexity index is 1130. The van der Waals surface area contributed by atoms with Crippen molar-refractivity contribution in [2.75, 3.05) is 5.32 Å². The van der Waals surface area contributed by atoms with Gasteiger partial charge in [0.1, 0.15) is 5.76 Å². The summed E-state index contributed by atoms with van der Waals surface area (Å²) in [7, 11) is 0. The van der Waals surface area contributed by atoms with E-state index in [9.17, 15) is 4.79 Å². The maximum absolute atomic E-state index is 12.7. The molecule has 0 fully saturated rings. The van der Waals surface area contributed by atoms with E-state index in [2.05, 4.69) is 15.4 Å². The maximum atomic E-state index is 12.7. The Kier molecular flexibility index (Phi) is 4.83. The summed E-state index contributed by atoms with van der Waals surface area (Å²) < 4.78 is 7.56. The number of thiophene rings is 1. The number of anilines is 1. The van der Waals surface area contributed by atoms with Crippen molar-refractivity contribution in [2.45, 2.75) is 27.2 Å². The Morgan fingerprint density at radius 3 is 2.71 bits per heavy atom. The highest BCUT2D eigenvalue weighted by Crippen LogP contribution is 2.26. The average molecular weight is 392 g/mol. The molecular weight excluding hydrogens is 372 g/mol. The van der Waals surface area contributed by atoms with Gasteiger partial charge in [0.25, 0.3) is 0 Å². The molecule has 0 aliphatic heterocycles. The molecule has 28 heavy (non-hydrogen) atoms. The van der Waals surface area contributed by atoms with Crippen LogP contribution in [0.4, 0.5) is 5.69 Å². The van der Waals surface area contributed by atoms with Crippen molar-refractivity contribution in [3.8, 4) is 16.5 Å². The first kappa shape index (κ1) is 18.2. The molecule has 4 aromatic rings. The minimum atomic E-state index is -0.150. The van der Waals surface area contributed by atoms with E-state index in [1.807, 2.05) is 73.3 Å². The zero-order valence-corrected chi connectivity index (χ0v) is 16.7. The van der Waals surface area contributed by atoms with Gasteiger partial charge in [-0.25, -0.2) is 9.67 Å². The minimum absolute atomic E-state index is 0.145. The lowest BCUT2D eigenvalue weighted by Gasteiger charge is -2.12. The van der Waals surface area contributed by atoms with Crippen LogP contribution in [0.15, 0.2) is 52.3 Å². The van der Waals surface area contributed by atoms with Gasteiger partial charge in [0.05, 0.1) is 34.1 Å². The lowest BCUT2D eigenvalue weighted by molar-refractivity contribution is -0.115. The highest BCUT2D eigenvalue weighted by atomic mass is 32.1. The molecule has 1 N–H and O–H groups in total. The van der Waals surface area contributed by atoms with Gasteiger partial charge < -0.3 is 9.73 Å². The third-order valence-electron chi connectivity index (χ3n) is 4.37. The molecule has 1 amide bonds. The van der Waals surface area contributed by atoms with Crippen LogP contribution in [0.5, 0.6) is 0 Å². The molecule has 0 saturated carbocycles. The number of carbonyl (C=O) groups is 1. The second kappa shape index (κ2) is 7.44. The van der Waals surface area contributed by atoms with E-state index < -0.39 is 0 Å². The number of rotatable bonds is 5. The number of hydrogen-bond acceptors (Lipinski definition) is 5. The van der Waals surface area contributed by atoms with Crippen LogP contribution in [-0.4, -0.2) is 20.7 Å². The predicted octanol–water partition coefficient (Wildman–Crippen LogP) is 4.70. The number of aryl methyl sites for hydroxylation is 3. The Morgan fingerprint density at radius 2 is 2.00 bits per heavy atom. The number of amides is 1. The normalized spacial score (nSPS) is 11.0. The number of hydrogen-bond donors (Lipinski definition) is 1. The Morgan fingerprint density at radius 1 is 1.18 bits per heavy atom. The lowest BCUT2D eigenvalue weighted by Crippen LogP contribution is -2.17. The van der Waals surface area contributed by atoms with Gasteiger partial charge in [0.2, 0.25) is 11.8 Å². The van der Waals surface area contributed by atoms with E-state index in [4.69, 9.17) is 4.42 Å². The fraction of sp³-hybridized carbons (Fsp3) is 0.190. The van der Waals surface area contributed by atoms with Gasteiger partial charge in [-0.05, 0) is 50.4 Å². The molecule has 4 rings (SSSR count). The summed E-state index contributed by atoms with van der Waals surface area (Å²) in [6.45, 7) is 5.77. The molecule has 142 valence electrons. The van der Waals surface area contributed by atoms with E-state index in [1.54, 1.807) is 11.3 Å².